The minimum Gasteiger partial charge on any atom is -0.370 e. The van der Waals surface area contributed by atoms with Crippen LogP contribution in [-0.4, -0.2) is 80.3 Å². The predicted octanol–water partition coefficient (Wildman–Crippen LogP) is 1.19. The minimum absolute atomic E-state index is 0.0155. The van der Waals surface area contributed by atoms with Crippen LogP contribution in [0.5, 0.6) is 0 Å². The molecule has 7 nitrogen and oxygen atoms in total. The van der Waals surface area contributed by atoms with Crippen LogP contribution in [-0.2, 0) is 9.53 Å². The van der Waals surface area contributed by atoms with Crippen molar-refractivity contribution in [3.63, 3.8) is 0 Å². The summed E-state index contributed by atoms with van der Waals surface area (Å²) in [5.41, 5.74) is 0. The average molecular weight is 367 g/mol. The minimum atomic E-state index is -0.173. The number of ether oxygens (including phenoxy) is 1. The van der Waals surface area contributed by atoms with Crippen LogP contribution in [0.4, 0.5) is 4.79 Å². The zero-order valence-corrected chi connectivity index (χ0v) is 16.2. The maximum atomic E-state index is 12.7. The number of carbonyl (C=O) groups excluding carboxylic acids is 2. The summed E-state index contributed by atoms with van der Waals surface area (Å²) in [7, 11) is 3.98. The Kier molecular flexibility index (Phi) is 6.75. The summed E-state index contributed by atoms with van der Waals surface area (Å²) < 4.78 is 5.96. The number of likely N-dealkylation sites (tertiary alicyclic amines) is 1. The first-order valence-electron chi connectivity index (χ1n) is 10.2. The molecule has 2 N–H and O–H groups in total. The molecule has 2 bridgehead atoms. The van der Waals surface area contributed by atoms with Crippen LogP contribution < -0.4 is 10.6 Å². The predicted molar refractivity (Wildman–Crippen MR) is 99.9 cm³/mol. The van der Waals surface area contributed by atoms with E-state index >= 15 is 0 Å². The van der Waals surface area contributed by atoms with Gasteiger partial charge in [0, 0.05) is 32.2 Å². The maximum absolute atomic E-state index is 12.7. The highest BCUT2D eigenvalue weighted by Gasteiger charge is 2.45. The lowest BCUT2D eigenvalue weighted by atomic mass is 9.99. The molecule has 148 valence electrons. The molecular formula is C19H34N4O3. The van der Waals surface area contributed by atoms with E-state index in [1.807, 2.05) is 23.9 Å². The molecule has 0 radical (unpaired) electrons. The molecule has 3 atom stereocenters. The Hall–Kier alpha value is -1.34. The highest BCUT2D eigenvalue weighted by atomic mass is 16.5. The van der Waals surface area contributed by atoms with Crippen molar-refractivity contribution in [3.05, 3.63) is 0 Å². The summed E-state index contributed by atoms with van der Waals surface area (Å²) in [5.74, 6) is -0.0804. The number of likely N-dealkylation sites (N-methyl/N-ethyl adjacent to an activating group) is 1. The monoisotopic (exact) mass is 366 g/mol. The molecule has 0 aromatic rings. The summed E-state index contributed by atoms with van der Waals surface area (Å²) in [4.78, 5) is 29.0. The molecule has 3 amide bonds. The third-order valence-corrected chi connectivity index (χ3v) is 5.82. The molecule has 0 unspecified atom stereocenters. The van der Waals surface area contributed by atoms with Gasteiger partial charge in [0.2, 0.25) is 5.91 Å². The first-order valence-corrected chi connectivity index (χ1v) is 10.2. The Morgan fingerprint density at radius 3 is 2.54 bits per heavy atom. The molecule has 0 spiro atoms. The fourth-order valence-corrected chi connectivity index (χ4v) is 4.32. The Morgan fingerprint density at radius 1 is 1.12 bits per heavy atom. The third kappa shape index (κ3) is 5.10. The Bertz CT molecular complexity index is 491. The number of rotatable bonds is 5. The van der Waals surface area contributed by atoms with Crippen LogP contribution in [0.25, 0.3) is 0 Å². The van der Waals surface area contributed by atoms with Gasteiger partial charge < -0.3 is 25.2 Å². The molecule has 0 aromatic carbocycles. The van der Waals surface area contributed by atoms with E-state index in [9.17, 15) is 9.59 Å². The van der Waals surface area contributed by atoms with Crippen molar-refractivity contribution in [1.29, 1.82) is 0 Å². The first kappa shape index (κ1) is 19.4. The van der Waals surface area contributed by atoms with Crippen LogP contribution in [0.15, 0.2) is 0 Å². The number of urea groups is 1. The number of hydrogen-bond acceptors (Lipinski definition) is 4. The van der Waals surface area contributed by atoms with E-state index in [-0.39, 0.29) is 30.1 Å². The van der Waals surface area contributed by atoms with Crippen LogP contribution in [0.2, 0.25) is 0 Å². The zero-order chi connectivity index (χ0) is 18.5. The Labute approximate surface area is 156 Å². The lowest BCUT2D eigenvalue weighted by molar-refractivity contribution is -0.127. The fourth-order valence-electron chi connectivity index (χ4n) is 4.32. The van der Waals surface area contributed by atoms with Crippen molar-refractivity contribution in [3.8, 4) is 0 Å². The summed E-state index contributed by atoms with van der Waals surface area (Å²) >= 11 is 0. The standard InChI is InChI=1S/C19H34N4O3/c1-22(2)10-9-20-18(24)16-11-15-12-23(13-17(16)26-15)19(25)21-14-7-5-3-4-6-8-14/h14-17H,3-13H2,1-2H3,(H,20,24)(H,21,25)/t15-,16+,17+/m0/s1. The van der Waals surface area contributed by atoms with Crippen molar-refractivity contribution in [1.82, 2.24) is 20.4 Å². The van der Waals surface area contributed by atoms with E-state index in [0.29, 0.717) is 32.1 Å². The van der Waals surface area contributed by atoms with Gasteiger partial charge in [0.25, 0.3) is 0 Å². The molecular weight excluding hydrogens is 332 g/mol. The molecule has 3 aliphatic rings. The maximum Gasteiger partial charge on any atom is 0.317 e. The SMILES string of the molecule is CN(C)CCNC(=O)[C@@H]1C[C@H]2CN(C(=O)NC3CCCCCC3)C[C@H]1O2. The van der Waals surface area contributed by atoms with Gasteiger partial charge in [-0.25, -0.2) is 4.79 Å². The van der Waals surface area contributed by atoms with Gasteiger partial charge >= 0.3 is 6.03 Å². The summed E-state index contributed by atoms with van der Waals surface area (Å²) in [6.45, 7) is 2.58. The average Bonchev–Trinajstić information content (AvgIpc) is 2.77. The van der Waals surface area contributed by atoms with Crippen molar-refractivity contribution >= 4 is 11.9 Å². The second-order valence-corrected chi connectivity index (χ2v) is 8.28. The molecule has 3 rings (SSSR count). The van der Waals surface area contributed by atoms with E-state index in [0.717, 1.165) is 19.4 Å². The Balaban J connectivity index is 1.48. The van der Waals surface area contributed by atoms with Crippen molar-refractivity contribution in [2.45, 2.75) is 63.2 Å². The summed E-state index contributed by atoms with van der Waals surface area (Å²) in [6.07, 6.45) is 7.65. The number of fused-ring (bicyclic) bond motifs is 2. The molecule has 7 heteroatoms. The number of morpholine rings is 1. The van der Waals surface area contributed by atoms with Gasteiger partial charge in [-0.05, 0) is 33.4 Å². The van der Waals surface area contributed by atoms with E-state index in [4.69, 9.17) is 4.74 Å². The van der Waals surface area contributed by atoms with Crippen molar-refractivity contribution < 1.29 is 14.3 Å². The number of amides is 3. The molecule has 2 saturated heterocycles. The Morgan fingerprint density at radius 2 is 1.85 bits per heavy atom. The third-order valence-electron chi connectivity index (χ3n) is 5.82. The molecule has 0 aromatic heterocycles. The van der Waals surface area contributed by atoms with E-state index in [2.05, 4.69) is 10.6 Å². The van der Waals surface area contributed by atoms with Gasteiger partial charge in [-0.1, -0.05) is 25.7 Å². The molecule has 1 saturated carbocycles. The van der Waals surface area contributed by atoms with Crippen molar-refractivity contribution in [2.75, 3.05) is 40.3 Å². The largest absolute Gasteiger partial charge is 0.370 e. The quantitative estimate of drug-likeness (QED) is 0.717. The van der Waals surface area contributed by atoms with Crippen LogP contribution in [0.3, 0.4) is 0 Å². The van der Waals surface area contributed by atoms with Crippen LogP contribution in [0, 0.1) is 5.92 Å². The first-order chi connectivity index (χ1) is 12.5. The lowest BCUT2D eigenvalue weighted by Crippen LogP contribution is -2.53. The molecule has 1 aliphatic carbocycles. The van der Waals surface area contributed by atoms with Gasteiger partial charge in [0.15, 0.2) is 0 Å². The number of hydrogen-bond donors (Lipinski definition) is 2. The fraction of sp³-hybridized carbons (Fsp3) is 0.895. The van der Waals surface area contributed by atoms with Gasteiger partial charge in [-0.2, -0.15) is 0 Å². The van der Waals surface area contributed by atoms with Crippen molar-refractivity contribution in [2.24, 2.45) is 5.92 Å². The van der Waals surface area contributed by atoms with E-state index < -0.39 is 0 Å². The number of nitrogens with one attached hydrogen (secondary N) is 2. The van der Waals surface area contributed by atoms with Gasteiger partial charge in [-0.15, -0.1) is 0 Å². The lowest BCUT2D eigenvalue weighted by Gasteiger charge is -2.34. The number of nitrogens with zero attached hydrogens (tertiary/aromatic N) is 2. The highest BCUT2D eigenvalue weighted by molar-refractivity contribution is 5.80. The molecule has 3 fully saturated rings. The zero-order valence-electron chi connectivity index (χ0n) is 16.2. The molecule has 2 aliphatic heterocycles. The highest BCUT2D eigenvalue weighted by Crippen LogP contribution is 2.32. The molecule has 2 heterocycles. The smallest absolute Gasteiger partial charge is 0.317 e. The van der Waals surface area contributed by atoms with Crippen LogP contribution in [0.1, 0.15) is 44.9 Å². The van der Waals surface area contributed by atoms with Gasteiger partial charge in [0.05, 0.1) is 18.1 Å². The normalized spacial score (nSPS) is 29.5. The van der Waals surface area contributed by atoms with Crippen LogP contribution >= 0.6 is 0 Å². The van der Waals surface area contributed by atoms with E-state index in [1.54, 1.807) is 0 Å². The second-order valence-electron chi connectivity index (χ2n) is 8.28. The number of carbonyl (C=O) groups is 2. The molecule has 26 heavy (non-hydrogen) atoms. The summed E-state index contributed by atoms with van der Waals surface area (Å²) in [5, 5.41) is 6.22. The summed E-state index contributed by atoms with van der Waals surface area (Å²) in [6, 6.07) is 0.319. The van der Waals surface area contributed by atoms with E-state index in [1.165, 1.54) is 25.7 Å². The van der Waals surface area contributed by atoms with Gasteiger partial charge in [-0.3, -0.25) is 4.79 Å². The second kappa shape index (κ2) is 9.04. The van der Waals surface area contributed by atoms with Gasteiger partial charge in [0.1, 0.15) is 0 Å². The topological polar surface area (TPSA) is 73.9 Å².